The predicted octanol–water partition coefficient (Wildman–Crippen LogP) is -0.677. The van der Waals surface area contributed by atoms with Crippen LogP contribution < -0.4 is 4.72 Å². The highest BCUT2D eigenvalue weighted by Gasteiger charge is 1.97. The largest absolute Gasteiger partial charge is 0.760 e. The van der Waals surface area contributed by atoms with Crippen LogP contribution in [0.4, 0.5) is 0 Å². The fourth-order valence-electron chi connectivity index (χ4n) is 0.490. The number of esters is 1. The second kappa shape index (κ2) is 6.26. The van der Waals surface area contributed by atoms with Gasteiger partial charge in [0.15, 0.2) is 0 Å². The first-order valence-corrected chi connectivity index (χ1v) is 4.14. The Labute approximate surface area is 67.5 Å². The van der Waals surface area contributed by atoms with Gasteiger partial charge in [-0.1, -0.05) is 0 Å². The molecule has 11 heavy (non-hydrogen) atoms. The number of rotatable bonds is 5. The average Bonchev–Trinajstić information content (AvgIpc) is 1.97. The molecule has 5 nitrogen and oxygen atoms in total. The lowest BCUT2D eigenvalue weighted by Gasteiger charge is -2.05. The van der Waals surface area contributed by atoms with Gasteiger partial charge in [-0.25, -0.2) is 4.72 Å². The lowest BCUT2D eigenvalue weighted by atomic mass is 10.3. The van der Waals surface area contributed by atoms with Gasteiger partial charge in [0.1, 0.15) is 0 Å². The summed E-state index contributed by atoms with van der Waals surface area (Å²) in [6.07, 6.45) is 0.696. The molecule has 0 saturated heterocycles. The van der Waals surface area contributed by atoms with Crippen LogP contribution in [0.25, 0.3) is 0 Å². The minimum atomic E-state index is -2.23. The van der Waals surface area contributed by atoms with Crippen LogP contribution in [-0.2, 0) is 20.8 Å². The normalized spacial score (nSPS) is 12.5. The molecule has 66 valence electrons. The summed E-state index contributed by atoms with van der Waals surface area (Å²) in [5, 5.41) is 0. The van der Waals surface area contributed by atoms with Gasteiger partial charge in [0.2, 0.25) is 0 Å². The molecule has 0 rings (SSSR count). The topological polar surface area (TPSA) is 78.5 Å². The van der Waals surface area contributed by atoms with E-state index in [9.17, 15) is 13.6 Å². The van der Waals surface area contributed by atoms with Crippen molar-refractivity contribution in [2.24, 2.45) is 0 Å². The van der Waals surface area contributed by atoms with Crippen molar-refractivity contribution in [3.05, 3.63) is 0 Å². The molecule has 0 saturated carbocycles. The first-order chi connectivity index (χ1) is 5.16. The fourth-order valence-corrected chi connectivity index (χ4v) is 0.801. The Morgan fingerprint density at radius 1 is 1.73 bits per heavy atom. The van der Waals surface area contributed by atoms with E-state index in [-0.39, 0.29) is 18.9 Å². The summed E-state index contributed by atoms with van der Waals surface area (Å²) in [5.74, 6) is -0.330. The molecule has 0 fully saturated rings. The van der Waals surface area contributed by atoms with Gasteiger partial charge in [0, 0.05) is 24.2 Å². The monoisotopic (exact) mass is 180 g/mol. The third kappa shape index (κ3) is 7.44. The van der Waals surface area contributed by atoms with E-state index in [0.29, 0.717) is 6.42 Å². The zero-order valence-electron chi connectivity index (χ0n) is 6.16. The Kier molecular flexibility index (Phi) is 6.00. The zero-order chi connectivity index (χ0) is 8.69. The van der Waals surface area contributed by atoms with Crippen LogP contribution in [0.2, 0.25) is 0 Å². The third-order valence-corrected chi connectivity index (χ3v) is 1.45. The van der Waals surface area contributed by atoms with E-state index in [1.54, 1.807) is 0 Å². The minimum Gasteiger partial charge on any atom is -0.760 e. The van der Waals surface area contributed by atoms with Crippen molar-refractivity contribution in [3.63, 3.8) is 0 Å². The van der Waals surface area contributed by atoms with Gasteiger partial charge in [0.05, 0.1) is 7.11 Å². The van der Waals surface area contributed by atoms with Gasteiger partial charge in [-0.2, -0.15) is 0 Å². The molecule has 0 aliphatic rings. The van der Waals surface area contributed by atoms with E-state index in [1.165, 1.54) is 7.11 Å². The summed E-state index contributed by atoms with van der Waals surface area (Å²) in [7, 11) is 1.29. The second-order valence-electron chi connectivity index (χ2n) is 1.81. The fraction of sp³-hybridized carbons (Fsp3) is 0.800. The number of methoxy groups -OCH3 is 1. The summed E-state index contributed by atoms with van der Waals surface area (Å²) in [5.41, 5.74) is 0. The summed E-state index contributed by atoms with van der Waals surface area (Å²) in [6.45, 7) is 0.269. The molecule has 0 aliphatic carbocycles. The van der Waals surface area contributed by atoms with Crippen LogP contribution in [0.1, 0.15) is 12.8 Å². The van der Waals surface area contributed by atoms with Crippen molar-refractivity contribution in [2.75, 3.05) is 13.7 Å². The predicted molar refractivity (Wildman–Crippen MR) is 38.2 cm³/mol. The molecule has 0 aromatic carbocycles. The van der Waals surface area contributed by atoms with Gasteiger partial charge in [-0.3, -0.25) is 9.00 Å². The Morgan fingerprint density at radius 3 is 2.82 bits per heavy atom. The van der Waals surface area contributed by atoms with Crippen LogP contribution >= 0.6 is 0 Å². The number of ether oxygens (including phenoxy) is 1. The first-order valence-electron chi connectivity index (χ1n) is 3.06. The molecule has 0 heterocycles. The highest BCUT2D eigenvalue weighted by Crippen LogP contribution is 1.89. The molecular weight excluding hydrogens is 170 g/mol. The van der Waals surface area contributed by atoms with Crippen molar-refractivity contribution in [3.8, 4) is 0 Å². The smallest absolute Gasteiger partial charge is 0.305 e. The van der Waals surface area contributed by atoms with Gasteiger partial charge in [0.25, 0.3) is 0 Å². The molecule has 0 aromatic heterocycles. The lowest BCUT2D eigenvalue weighted by molar-refractivity contribution is -0.140. The highest BCUT2D eigenvalue weighted by molar-refractivity contribution is 7.77. The molecule has 0 aromatic rings. The molecule has 1 atom stereocenters. The molecule has 1 N–H and O–H groups in total. The van der Waals surface area contributed by atoms with E-state index >= 15 is 0 Å². The summed E-state index contributed by atoms with van der Waals surface area (Å²) >= 11 is -2.23. The standard InChI is InChI=1S/C5H11NO4S/c1-10-5(7)3-2-4-6-11(8)9/h6H,2-4H2,1H3,(H,8,9)/p-1. The molecule has 0 radical (unpaired) electrons. The van der Waals surface area contributed by atoms with Gasteiger partial charge in [-0.05, 0) is 6.42 Å². The van der Waals surface area contributed by atoms with Crippen LogP contribution in [0.5, 0.6) is 0 Å². The summed E-state index contributed by atoms with van der Waals surface area (Å²) in [6, 6.07) is 0. The number of hydrogen-bond donors (Lipinski definition) is 1. The van der Waals surface area contributed by atoms with E-state index in [1.807, 2.05) is 0 Å². The van der Waals surface area contributed by atoms with Crippen LogP contribution in [0.15, 0.2) is 0 Å². The number of hydrogen-bond acceptors (Lipinski definition) is 4. The Balaban J connectivity index is 3.14. The molecule has 6 heteroatoms. The van der Waals surface area contributed by atoms with Crippen LogP contribution in [0.3, 0.4) is 0 Å². The SMILES string of the molecule is COC(=O)CCCNS(=O)[O-]. The number of nitrogens with one attached hydrogen (secondary N) is 1. The lowest BCUT2D eigenvalue weighted by Crippen LogP contribution is -2.18. The molecular formula is C5H10NO4S-. The quantitative estimate of drug-likeness (QED) is 0.345. The molecule has 0 aliphatic heterocycles. The minimum absolute atomic E-state index is 0.237. The first kappa shape index (κ1) is 10.5. The highest BCUT2D eigenvalue weighted by atomic mass is 32.2. The number of carbonyl (C=O) groups is 1. The second-order valence-corrected chi connectivity index (χ2v) is 2.57. The van der Waals surface area contributed by atoms with Crippen molar-refractivity contribution >= 4 is 17.2 Å². The molecule has 1 unspecified atom stereocenters. The van der Waals surface area contributed by atoms with E-state index in [4.69, 9.17) is 0 Å². The maximum absolute atomic E-state index is 10.5. The Morgan fingerprint density at radius 2 is 2.36 bits per heavy atom. The number of carbonyl (C=O) groups excluding carboxylic acids is 1. The Hall–Kier alpha value is -0.460. The van der Waals surface area contributed by atoms with Crippen molar-refractivity contribution in [1.82, 2.24) is 4.72 Å². The molecule has 0 amide bonds. The van der Waals surface area contributed by atoms with Gasteiger partial charge >= 0.3 is 5.97 Å². The Bertz CT molecular complexity index is 149. The summed E-state index contributed by atoms with van der Waals surface area (Å²) in [4.78, 5) is 10.5. The third-order valence-electron chi connectivity index (χ3n) is 1.01. The summed E-state index contributed by atoms with van der Waals surface area (Å²) < 4.78 is 26.2. The average molecular weight is 180 g/mol. The van der Waals surface area contributed by atoms with Crippen LogP contribution in [-0.4, -0.2) is 28.4 Å². The zero-order valence-corrected chi connectivity index (χ0v) is 6.98. The van der Waals surface area contributed by atoms with Crippen LogP contribution in [0, 0.1) is 0 Å². The maximum Gasteiger partial charge on any atom is 0.305 e. The van der Waals surface area contributed by atoms with E-state index < -0.39 is 11.3 Å². The molecule has 0 bridgehead atoms. The van der Waals surface area contributed by atoms with E-state index in [2.05, 4.69) is 9.46 Å². The van der Waals surface area contributed by atoms with Crippen molar-refractivity contribution in [2.45, 2.75) is 12.8 Å². The van der Waals surface area contributed by atoms with Gasteiger partial charge < -0.3 is 9.29 Å². The van der Waals surface area contributed by atoms with Crippen molar-refractivity contribution in [1.29, 1.82) is 0 Å². The van der Waals surface area contributed by atoms with E-state index in [0.717, 1.165) is 0 Å². The van der Waals surface area contributed by atoms with Crippen molar-refractivity contribution < 1.29 is 18.3 Å². The maximum atomic E-state index is 10.5. The molecule has 0 spiro atoms. The van der Waals surface area contributed by atoms with Gasteiger partial charge in [-0.15, -0.1) is 0 Å².